The number of hydrogen-bond donors (Lipinski definition) is 1. The van der Waals surface area contributed by atoms with Gasteiger partial charge in [0.15, 0.2) is 0 Å². The normalized spacial score (nSPS) is 19.4. The maximum Gasteiger partial charge on any atom is 0.495 e. The van der Waals surface area contributed by atoms with Crippen molar-refractivity contribution in [3.63, 3.8) is 0 Å². The average Bonchev–Trinajstić information content (AvgIpc) is 2.59. The number of benzene rings is 1. The topological polar surface area (TPSA) is 93.2 Å². The van der Waals surface area contributed by atoms with Crippen molar-refractivity contribution < 1.29 is 9.31 Å². The van der Waals surface area contributed by atoms with Crippen molar-refractivity contribution in [2.24, 2.45) is 5.11 Å². The van der Waals surface area contributed by atoms with Crippen molar-refractivity contribution in [1.82, 2.24) is 0 Å². The van der Waals surface area contributed by atoms with Crippen molar-refractivity contribution in [3.8, 4) is 0 Å². The van der Waals surface area contributed by atoms with E-state index >= 15 is 0 Å². The second kappa shape index (κ2) is 5.26. The highest BCUT2D eigenvalue weighted by atomic mass is 16.7. The molecule has 0 radical (unpaired) electrons. The number of anilines is 1. The van der Waals surface area contributed by atoms with E-state index in [2.05, 4.69) is 10.0 Å². The van der Waals surface area contributed by atoms with Crippen LogP contribution in [0.4, 0.5) is 5.69 Å². The molecule has 1 aromatic rings. The van der Waals surface area contributed by atoms with Crippen LogP contribution in [-0.2, 0) is 15.9 Å². The fraction of sp³-hybridized carbons (Fsp3) is 0.571. The van der Waals surface area contributed by atoms with Crippen LogP contribution in [0.15, 0.2) is 17.2 Å². The van der Waals surface area contributed by atoms with Crippen LogP contribution in [0.2, 0.25) is 0 Å². The molecule has 0 atom stereocenters. The molecule has 1 heterocycles. The third-order valence-corrected chi connectivity index (χ3v) is 4.39. The van der Waals surface area contributed by atoms with E-state index in [-0.39, 0.29) is 6.54 Å². The zero-order chi connectivity index (χ0) is 15.8. The standard InChI is InChI=1S/C14H21BN4O2/c1-9-10(8-18-19-17)6-11(16)7-12(9)15-20-13(2,3)14(4,5)21-15/h6-7H,8,16H2,1-5H3. The van der Waals surface area contributed by atoms with E-state index in [0.29, 0.717) is 5.69 Å². The van der Waals surface area contributed by atoms with Gasteiger partial charge in [0.05, 0.1) is 17.7 Å². The summed E-state index contributed by atoms with van der Waals surface area (Å²) in [6.45, 7) is 10.3. The van der Waals surface area contributed by atoms with Gasteiger partial charge in [-0.2, -0.15) is 0 Å². The number of hydrogen-bond acceptors (Lipinski definition) is 4. The van der Waals surface area contributed by atoms with Crippen molar-refractivity contribution in [3.05, 3.63) is 33.7 Å². The number of nitrogens with zero attached hydrogens (tertiary/aromatic N) is 3. The minimum Gasteiger partial charge on any atom is -0.399 e. The quantitative estimate of drug-likeness (QED) is 0.304. The molecule has 2 rings (SSSR count). The van der Waals surface area contributed by atoms with Gasteiger partial charge in [0.2, 0.25) is 0 Å². The Morgan fingerprint density at radius 2 is 1.81 bits per heavy atom. The van der Waals surface area contributed by atoms with Crippen LogP contribution in [0.3, 0.4) is 0 Å². The van der Waals surface area contributed by atoms with Gasteiger partial charge in [0, 0.05) is 10.6 Å². The Morgan fingerprint density at radius 1 is 1.24 bits per heavy atom. The highest BCUT2D eigenvalue weighted by Gasteiger charge is 2.52. The van der Waals surface area contributed by atoms with Gasteiger partial charge < -0.3 is 15.0 Å². The van der Waals surface area contributed by atoms with Gasteiger partial charge in [-0.15, -0.1) is 0 Å². The van der Waals surface area contributed by atoms with Gasteiger partial charge in [-0.3, -0.25) is 0 Å². The lowest BCUT2D eigenvalue weighted by Gasteiger charge is -2.32. The van der Waals surface area contributed by atoms with Gasteiger partial charge in [-0.1, -0.05) is 5.11 Å². The lowest BCUT2D eigenvalue weighted by molar-refractivity contribution is 0.00578. The number of nitrogen functional groups attached to an aromatic ring is 1. The summed E-state index contributed by atoms with van der Waals surface area (Å²) in [6, 6.07) is 3.68. The molecular weight excluding hydrogens is 267 g/mol. The van der Waals surface area contributed by atoms with Crippen LogP contribution in [0, 0.1) is 6.92 Å². The van der Waals surface area contributed by atoms with Crippen molar-refractivity contribution in [2.45, 2.75) is 52.4 Å². The van der Waals surface area contributed by atoms with E-state index in [9.17, 15) is 0 Å². The molecule has 2 N–H and O–H groups in total. The fourth-order valence-corrected chi connectivity index (χ4v) is 2.31. The predicted octanol–water partition coefficient (Wildman–Crippen LogP) is 2.69. The van der Waals surface area contributed by atoms with Gasteiger partial charge in [0.1, 0.15) is 0 Å². The second-order valence-corrected chi connectivity index (χ2v) is 6.37. The minimum absolute atomic E-state index is 0.264. The monoisotopic (exact) mass is 288 g/mol. The largest absolute Gasteiger partial charge is 0.495 e. The maximum absolute atomic E-state index is 8.48. The van der Waals surface area contributed by atoms with Crippen LogP contribution >= 0.6 is 0 Å². The molecule has 0 saturated carbocycles. The first-order chi connectivity index (χ1) is 9.68. The molecule has 0 aliphatic carbocycles. The second-order valence-electron chi connectivity index (χ2n) is 6.37. The Kier molecular flexibility index (Phi) is 3.93. The Bertz CT molecular complexity index is 593. The van der Waals surface area contributed by atoms with Crippen LogP contribution in [0.1, 0.15) is 38.8 Å². The molecule has 1 aliphatic rings. The van der Waals surface area contributed by atoms with Crippen LogP contribution in [0.5, 0.6) is 0 Å². The summed E-state index contributed by atoms with van der Waals surface area (Å²) in [4.78, 5) is 2.80. The van der Waals surface area contributed by atoms with E-state index in [1.807, 2.05) is 46.8 Å². The highest BCUT2D eigenvalue weighted by Crippen LogP contribution is 2.37. The molecule has 1 aliphatic heterocycles. The molecule has 21 heavy (non-hydrogen) atoms. The van der Waals surface area contributed by atoms with Crippen molar-refractivity contribution in [1.29, 1.82) is 0 Å². The summed E-state index contributed by atoms with van der Waals surface area (Å²) in [5.74, 6) is 0. The Morgan fingerprint density at radius 3 is 2.33 bits per heavy atom. The lowest BCUT2D eigenvalue weighted by Crippen LogP contribution is -2.41. The molecule has 7 heteroatoms. The van der Waals surface area contributed by atoms with E-state index in [4.69, 9.17) is 20.6 Å². The van der Waals surface area contributed by atoms with Crippen molar-refractivity contribution in [2.75, 3.05) is 5.73 Å². The fourth-order valence-electron chi connectivity index (χ4n) is 2.31. The summed E-state index contributed by atoms with van der Waals surface area (Å²) in [5.41, 5.74) is 17.0. The van der Waals surface area contributed by atoms with Crippen molar-refractivity contribution >= 4 is 18.3 Å². The molecule has 112 valence electrons. The predicted molar refractivity (Wildman–Crippen MR) is 84.2 cm³/mol. The third-order valence-electron chi connectivity index (χ3n) is 4.39. The number of azide groups is 1. The molecule has 0 amide bonds. The van der Waals surface area contributed by atoms with E-state index in [1.54, 1.807) is 0 Å². The summed E-state index contributed by atoms with van der Waals surface area (Å²) >= 11 is 0. The van der Waals surface area contributed by atoms with E-state index in [1.165, 1.54) is 0 Å². The molecular formula is C14H21BN4O2. The molecule has 0 spiro atoms. The molecule has 1 fully saturated rings. The molecule has 1 aromatic carbocycles. The van der Waals surface area contributed by atoms with E-state index < -0.39 is 18.3 Å². The molecule has 1 saturated heterocycles. The average molecular weight is 288 g/mol. The van der Waals surface area contributed by atoms with Gasteiger partial charge in [-0.25, -0.2) is 0 Å². The zero-order valence-electron chi connectivity index (χ0n) is 13.2. The first-order valence-corrected chi connectivity index (χ1v) is 6.93. The van der Waals surface area contributed by atoms with Gasteiger partial charge >= 0.3 is 7.12 Å². The number of rotatable bonds is 3. The van der Waals surface area contributed by atoms with Crippen LogP contribution < -0.4 is 11.2 Å². The Balaban J connectivity index is 2.41. The zero-order valence-corrected chi connectivity index (χ0v) is 13.2. The van der Waals surface area contributed by atoms with Crippen LogP contribution in [-0.4, -0.2) is 18.3 Å². The first-order valence-electron chi connectivity index (χ1n) is 6.93. The molecule has 6 nitrogen and oxygen atoms in total. The lowest BCUT2D eigenvalue weighted by atomic mass is 9.74. The molecule has 0 aromatic heterocycles. The smallest absolute Gasteiger partial charge is 0.399 e. The first kappa shape index (κ1) is 15.7. The van der Waals surface area contributed by atoms with Gasteiger partial charge in [0.25, 0.3) is 0 Å². The minimum atomic E-state index is -0.469. The summed E-state index contributed by atoms with van der Waals surface area (Å²) in [6.07, 6.45) is 0. The Hall–Kier alpha value is -1.69. The van der Waals surface area contributed by atoms with Gasteiger partial charge in [-0.05, 0) is 68.9 Å². The number of nitrogens with two attached hydrogens (primary N) is 1. The summed E-state index contributed by atoms with van der Waals surface area (Å²) in [7, 11) is -0.469. The SMILES string of the molecule is Cc1c(CN=[N+]=[N-])cc(N)cc1B1OC(C)(C)C(C)(C)O1. The summed E-state index contributed by atoms with van der Waals surface area (Å²) in [5, 5.41) is 3.61. The molecule has 0 bridgehead atoms. The van der Waals surface area contributed by atoms with Crippen LogP contribution in [0.25, 0.3) is 10.4 Å². The highest BCUT2D eigenvalue weighted by molar-refractivity contribution is 6.62. The summed E-state index contributed by atoms with van der Waals surface area (Å²) < 4.78 is 12.1. The Labute approximate surface area is 125 Å². The molecule has 0 unspecified atom stereocenters. The van der Waals surface area contributed by atoms with E-state index in [0.717, 1.165) is 16.6 Å². The maximum atomic E-state index is 8.48. The third kappa shape index (κ3) is 2.86.